The zero-order chi connectivity index (χ0) is 13.8. The second kappa shape index (κ2) is 5.13. The van der Waals surface area contributed by atoms with Crippen molar-refractivity contribution >= 4 is 11.6 Å². The van der Waals surface area contributed by atoms with E-state index in [1.807, 2.05) is 0 Å². The summed E-state index contributed by atoms with van der Waals surface area (Å²) >= 11 is 0. The molecular weight excluding hydrogens is 268 g/mol. The van der Waals surface area contributed by atoms with E-state index in [0.29, 0.717) is 0 Å². The number of nitro groups is 2. The van der Waals surface area contributed by atoms with Crippen LogP contribution in [0.1, 0.15) is 11.4 Å². The number of hydrogen-bond donors (Lipinski definition) is 0. The number of ether oxygens (including phenoxy) is 1. The van der Waals surface area contributed by atoms with E-state index in [0.717, 1.165) is 0 Å². The minimum absolute atomic E-state index is 0.149. The van der Waals surface area contributed by atoms with E-state index in [1.54, 1.807) is 0 Å². The van der Waals surface area contributed by atoms with Crippen LogP contribution in [0.3, 0.4) is 0 Å². The van der Waals surface area contributed by atoms with Crippen LogP contribution < -0.4 is 0 Å². The van der Waals surface area contributed by atoms with Crippen molar-refractivity contribution in [1.29, 1.82) is 0 Å². The lowest BCUT2D eigenvalue weighted by molar-refractivity contribution is -0.392. The molecular formula is C6H4N6O7. The molecule has 13 heteroatoms. The molecule has 0 saturated carbocycles. The molecule has 2 heterocycles. The van der Waals surface area contributed by atoms with Gasteiger partial charge in [-0.1, -0.05) is 0 Å². The Balaban J connectivity index is 1.97. The van der Waals surface area contributed by atoms with Crippen LogP contribution in [-0.4, -0.2) is 30.5 Å². The first-order valence-corrected chi connectivity index (χ1v) is 4.59. The van der Waals surface area contributed by atoms with E-state index in [2.05, 4.69) is 29.9 Å². The monoisotopic (exact) mass is 272 g/mol. The van der Waals surface area contributed by atoms with Gasteiger partial charge in [-0.3, -0.25) is 0 Å². The van der Waals surface area contributed by atoms with Gasteiger partial charge in [-0.25, -0.2) is 0 Å². The highest BCUT2D eigenvalue weighted by Crippen LogP contribution is 2.16. The van der Waals surface area contributed by atoms with Crippen molar-refractivity contribution < 1.29 is 23.8 Å². The molecule has 13 nitrogen and oxygen atoms in total. The van der Waals surface area contributed by atoms with Crippen LogP contribution in [-0.2, 0) is 18.0 Å². The van der Waals surface area contributed by atoms with Crippen LogP contribution in [0.25, 0.3) is 0 Å². The maximum Gasteiger partial charge on any atom is 0.440 e. The molecule has 2 rings (SSSR count). The van der Waals surface area contributed by atoms with Crippen LogP contribution in [0, 0.1) is 20.2 Å². The lowest BCUT2D eigenvalue weighted by atomic mass is 10.4. The molecule has 0 saturated heterocycles. The molecule has 0 aliphatic rings. The molecule has 0 radical (unpaired) electrons. The lowest BCUT2D eigenvalue weighted by Gasteiger charge is -1.97. The molecule has 0 atom stereocenters. The zero-order valence-electron chi connectivity index (χ0n) is 8.96. The van der Waals surface area contributed by atoms with Gasteiger partial charge in [-0.15, -0.1) is 9.26 Å². The van der Waals surface area contributed by atoms with E-state index in [1.165, 1.54) is 0 Å². The van der Waals surface area contributed by atoms with Gasteiger partial charge >= 0.3 is 11.6 Å². The number of rotatable bonds is 6. The predicted octanol–water partition coefficient (Wildman–Crippen LogP) is -0.0142. The second-order valence-electron chi connectivity index (χ2n) is 3.08. The standard InChI is InChI=1S/C6H4N6O7/c13-11(14)5-3(7-18-9-5)1-17-2-4-6(12(15)16)10-19-8-4/h1-2H2. The van der Waals surface area contributed by atoms with Gasteiger partial charge in [0.05, 0.1) is 0 Å². The summed E-state index contributed by atoms with van der Waals surface area (Å²) < 4.78 is 13.3. The quantitative estimate of drug-likeness (QED) is 0.510. The zero-order valence-corrected chi connectivity index (χ0v) is 8.96. The summed E-state index contributed by atoms with van der Waals surface area (Å²) in [5, 5.41) is 33.6. The van der Waals surface area contributed by atoms with Crippen molar-refractivity contribution in [2.24, 2.45) is 0 Å². The molecule has 0 fully saturated rings. The first-order valence-electron chi connectivity index (χ1n) is 4.59. The van der Waals surface area contributed by atoms with E-state index < -0.39 is 21.5 Å². The highest BCUT2D eigenvalue weighted by Gasteiger charge is 2.25. The van der Waals surface area contributed by atoms with Gasteiger partial charge in [0.1, 0.15) is 13.2 Å². The fraction of sp³-hybridized carbons (Fsp3) is 0.333. The third-order valence-corrected chi connectivity index (χ3v) is 1.90. The van der Waals surface area contributed by atoms with Gasteiger partial charge < -0.3 is 25.0 Å². The van der Waals surface area contributed by atoms with E-state index in [-0.39, 0.29) is 24.6 Å². The fourth-order valence-corrected chi connectivity index (χ4v) is 1.11. The Kier molecular flexibility index (Phi) is 3.37. The summed E-state index contributed by atoms with van der Waals surface area (Å²) in [5.74, 6) is -1.18. The van der Waals surface area contributed by atoms with Crippen molar-refractivity contribution in [2.45, 2.75) is 13.2 Å². The van der Waals surface area contributed by atoms with Crippen LogP contribution in [0.4, 0.5) is 11.6 Å². The highest BCUT2D eigenvalue weighted by atomic mass is 16.6. The summed E-state index contributed by atoms with van der Waals surface area (Å²) in [6.45, 7) is -0.659. The first-order chi connectivity index (χ1) is 9.09. The minimum atomic E-state index is -0.796. The number of aromatic nitrogens is 4. The normalized spacial score (nSPS) is 10.5. The Hall–Kier alpha value is -2.96. The number of hydrogen-bond acceptors (Lipinski definition) is 11. The van der Waals surface area contributed by atoms with Gasteiger partial charge in [0.25, 0.3) is 0 Å². The molecule has 0 aliphatic carbocycles. The molecule has 19 heavy (non-hydrogen) atoms. The van der Waals surface area contributed by atoms with Gasteiger partial charge in [-0.2, -0.15) is 0 Å². The van der Waals surface area contributed by atoms with E-state index >= 15 is 0 Å². The third kappa shape index (κ3) is 2.65. The largest absolute Gasteiger partial charge is 0.440 e. The van der Waals surface area contributed by atoms with Crippen molar-refractivity contribution in [3.8, 4) is 0 Å². The summed E-state index contributed by atoms with van der Waals surface area (Å²) in [6, 6.07) is 0. The molecule has 0 aromatic carbocycles. The Morgan fingerprint density at radius 3 is 1.68 bits per heavy atom. The maximum atomic E-state index is 10.5. The van der Waals surface area contributed by atoms with Crippen LogP contribution in [0.2, 0.25) is 0 Å². The average Bonchev–Trinajstić information content (AvgIpc) is 2.96. The third-order valence-electron chi connectivity index (χ3n) is 1.90. The molecule has 2 aromatic heterocycles. The first kappa shape index (κ1) is 12.5. The molecule has 0 amide bonds. The smallest absolute Gasteiger partial charge is 0.368 e. The molecule has 0 spiro atoms. The minimum Gasteiger partial charge on any atom is -0.368 e. The molecule has 100 valence electrons. The van der Waals surface area contributed by atoms with Crippen molar-refractivity contribution in [2.75, 3.05) is 0 Å². The topological polar surface area (TPSA) is 173 Å². The maximum absolute atomic E-state index is 10.5. The molecule has 0 bridgehead atoms. The number of nitrogens with zero attached hydrogens (tertiary/aromatic N) is 6. The lowest BCUT2D eigenvalue weighted by Crippen LogP contribution is -2.01. The SMILES string of the molecule is O=[N+]([O-])c1nonc1COCc1nonc1[N+](=O)[O-]. The highest BCUT2D eigenvalue weighted by molar-refractivity contribution is 5.22. The van der Waals surface area contributed by atoms with Crippen molar-refractivity contribution in [3.05, 3.63) is 31.6 Å². The molecule has 0 aliphatic heterocycles. The van der Waals surface area contributed by atoms with Gasteiger partial charge in [0.15, 0.2) is 10.3 Å². The predicted molar refractivity (Wildman–Crippen MR) is 50.4 cm³/mol. The van der Waals surface area contributed by atoms with Crippen LogP contribution in [0.5, 0.6) is 0 Å². The Morgan fingerprint density at radius 1 is 0.895 bits per heavy atom. The Bertz CT molecular complexity index is 552. The van der Waals surface area contributed by atoms with E-state index in [9.17, 15) is 20.2 Å². The van der Waals surface area contributed by atoms with E-state index in [4.69, 9.17) is 4.74 Å². The Labute approximate surface area is 102 Å². The fourth-order valence-electron chi connectivity index (χ4n) is 1.11. The second-order valence-corrected chi connectivity index (χ2v) is 3.08. The van der Waals surface area contributed by atoms with Crippen molar-refractivity contribution in [3.63, 3.8) is 0 Å². The molecule has 0 unspecified atom stereocenters. The van der Waals surface area contributed by atoms with Gasteiger partial charge in [-0.05, 0) is 20.2 Å². The summed E-state index contributed by atoms with van der Waals surface area (Å²) in [7, 11) is 0. The summed E-state index contributed by atoms with van der Waals surface area (Å²) in [6.07, 6.45) is 0. The van der Waals surface area contributed by atoms with Crippen molar-refractivity contribution in [1.82, 2.24) is 20.6 Å². The summed E-state index contributed by atoms with van der Waals surface area (Å²) in [5.41, 5.74) is -0.298. The van der Waals surface area contributed by atoms with Crippen LogP contribution >= 0.6 is 0 Å². The molecule has 2 aromatic rings. The Morgan fingerprint density at radius 2 is 1.32 bits per heavy atom. The average molecular weight is 272 g/mol. The van der Waals surface area contributed by atoms with Crippen LogP contribution in [0.15, 0.2) is 9.26 Å². The van der Waals surface area contributed by atoms with Gasteiger partial charge in [0, 0.05) is 0 Å². The summed E-state index contributed by atoms with van der Waals surface area (Å²) in [4.78, 5) is 19.4. The molecule has 0 N–H and O–H groups in total. The van der Waals surface area contributed by atoms with Gasteiger partial charge in [0.2, 0.25) is 11.4 Å².